The van der Waals surface area contributed by atoms with Gasteiger partial charge in [0.1, 0.15) is 17.2 Å². The Labute approximate surface area is 118 Å². The van der Waals surface area contributed by atoms with Crippen molar-refractivity contribution in [3.63, 3.8) is 0 Å². The Kier molecular flexibility index (Phi) is 5.00. The quantitative estimate of drug-likeness (QED) is 0.878. The minimum absolute atomic E-state index is 0.0206. The van der Waals surface area contributed by atoms with Crippen molar-refractivity contribution in [1.29, 1.82) is 0 Å². The molecule has 20 heavy (non-hydrogen) atoms. The lowest BCUT2D eigenvalue weighted by atomic mass is 10.3. The Bertz CT molecular complexity index is 537. The van der Waals surface area contributed by atoms with E-state index in [1.165, 1.54) is 0 Å². The van der Waals surface area contributed by atoms with E-state index in [-0.39, 0.29) is 12.5 Å². The summed E-state index contributed by atoms with van der Waals surface area (Å²) >= 11 is 0. The lowest BCUT2D eigenvalue weighted by molar-refractivity contribution is -0.122. The van der Waals surface area contributed by atoms with E-state index in [0.29, 0.717) is 12.3 Å². The van der Waals surface area contributed by atoms with Gasteiger partial charge in [-0.15, -0.1) is 0 Å². The number of carbonyl (C=O) groups excluding carboxylic acids is 1. The highest BCUT2D eigenvalue weighted by molar-refractivity contribution is 5.77. The van der Waals surface area contributed by atoms with Gasteiger partial charge >= 0.3 is 0 Å². The third kappa shape index (κ3) is 4.31. The van der Waals surface area contributed by atoms with Crippen molar-refractivity contribution < 1.29 is 14.3 Å². The van der Waals surface area contributed by atoms with Gasteiger partial charge in [0.25, 0.3) is 5.91 Å². The van der Waals surface area contributed by atoms with Crippen LogP contribution in [0.2, 0.25) is 0 Å². The molecule has 0 spiro atoms. The highest BCUT2D eigenvalue weighted by Gasteiger charge is 2.02. The molecule has 0 aliphatic carbocycles. The molecule has 4 heteroatoms. The normalized spacial score (nSPS) is 9.85. The molecule has 0 aliphatic heterocycles. The van der Waals surface area contributed by atoms with Gasteiger partial charge in [-0.2, -0.15) is 0 Å². The number of amides is 1. The average Bonchev–Trinajstić information content (AvgIpc) is 2.48. The Morgan fingerprint density at radius 1 is 0.950 bits per heavy atom. The molecular weight excluding hydrogens is 254 g/mol. The van der Waals surface area contributed by atoms with E-state index in [0.717, 1.165) is 11.5 Å². The van der Waals surface area contributed by atoms with Gasteiger partial charge in [0.2, 0.25) is 0 Å². The molecule has 2 aromatic carbocycles. The van der Waals surface area contributed by atoms with E-state index in [9.17, 15) is 4.79 Å². The van der Waals surface area contributed by atoms with Crippen LogP contribution in [0.5, 0.6) is 17.2 Å². The SMILES string of the molecule is CCNC(=O)COc1ccc(Oc2ccccc2)cc1. The van der Waals surface area contributed by atoms with Crippen molar-refractivity contribution in [3.8, 4) is 17.2 Å². The molecule has 104 valence electrons. The third-order valence-electron chi connectivity index (χ3n) is 2.55. The van der Waals surface area contributed by atoms with Gasteiger partial charge in [-0.1, -0.05) is 18.2 Å². The zero-order valence-corrected chi connectivity index (χ0v) is 11.3. The van der Waals surface area contributed by atoms with Crippen LogP contribution < -0.4 is 14.8 Å². The van der Waals surface area contributed by atoms with Crippen LogP contribution in [-0.4, -0.2) is 19.1 Å². The van der Waals surface area contributed by atoms with Gasteiger partial charge in [-0.25, -0.2) is 0 Å². The lowest BCUT2D eigenvalue weighted by Crippen LogP contribution is -2.28. The topological polar surface area (TPSA) is 47.6 Å². The summed E-state index contributed by atoms with van der Waals surface area (Å²) in [7, 11) is 0. The van der Waals surface area contributed by atoms with Crippen molar-refractivity contribution in [3.05, 3.63) is 54.6 Å². The number of hydrogen-bond acceptors (Lipinski definition) is 3. The smallest absolute Gasteiger partial charge is 0.257 e. The molecule has 0 atom stereocenters. The van der Waals surface area contributed by atoms with Crippen molar-refractivity contribution in [2.45, 2.75) is 6.92 Å². The molecule has 0 aliphatic rings. The second-order valence-corrected chi connectivity index (χ2v) is 4.13. The predicted molar refractivity (Wildman–Crippen MR) is 77.1 cm³/mol. The Hall–Kier alpha value is -2.49. The number of ether oxygens (including phenoxy) is 2. The Balaban J connectivity index is 1.88. The highest BCUT2D eigenvalue weighted by Crippen LogP contribution is 2.23. The van der Waals surface area contributed by atoms with Crippen LogP contribution in [-0.2, 0) is 4.79 Å². The number of nitrogens with one attached hydrogen (secondary N) is 1. The minimum Gasteiger partial charge on any atom is -0.484 e. The maximum absolute atomic E-state index is 11.3. The van der Waals surface area contributed by atoms with Gasteiger partial charge in [0.15, 0.2) is 6.61 Å². The lowest BCUT2D eigenvalue weighted by Gasteiger charge is -2.08. The van der Waals surface area contributed by atoms with E-state index in [1.54, 1.807) is 24.3 Å². The molecule has 0 fully saturated rings. The molecule has 0 unspecified atom stereocenters. The maximum Gasteiger partial charge on any atom is 0.257 e. The molecule has 0 saturated heterocycles. The standard InChI is InChI=1S/C16H17NO3/c1-2-17-16(18)12-19-13-8-10-15(11-9-13)20-14-6-4-3-5-7-14/h3-11H,2,12H2,1H3,(H,17,18). The summed E-state index contributed by atoms with van der Waals surface area (Å²) in [5.41, 5.74) is 0. The highest BCUT2D eigenvalue weighted by atomic mass is 16.5. The van der Waals surface area contributed by atoms with E-state index >= 15 is 0 Å². The molecule has 1 amide bonds. The fourth-order valence-corrected chi connectivity index (χ4v) is 1.63. The number of para-hydroxylation sites is 1. The van der Waals surface area contributed by atoms with Crippen LogP contribution in [0.15, 0.2) is 54.6 Å². The molecular formula is C16H17NO3. The summed E-state index contributed by atoms with van der Waals surface area (Å²) in [5, 5.41) is 2.67. The van der Waals surface area contributed by atoms with E-state index < -0.39 is 0 Å². The summed E-state index contributed by atoms with van der Waals surface area (Å²) in [6.45, 7) is 2.49. The number of rotatable bonds is 6. The third-order valence-corrected chi connectivity index (χ3v) is 2.55. The van der Waals surface area contributed by atoms with Crippen LogP contribution in [0.1, 0.15) is 6.92 Å². The molecule has 4 nitrogen and oxygen atoms in total. The van der Waals surface area contributed by atoms with Crippen LogP contribution in [0.4, 0.5) is 0 Å². The van der Waals surface area contributed by atoms with Crippen LogP contribution in [0, 0.1) is 0 Å². The molecule has 2 aromatic rings. The first-order chi connectivity index (χ1) is 9.78. The van der Waals surface area contributed by atoms with Crippen LogP contribution in [0.3, 0.4) is 0 Å². The van der Waals surface area contributed by atoms with Crippen molar-refractivity contribution in [2.75, 3.05) is 13.2 Å². The van der Waals surface area contributed by atoms with Gasteiger partial charge < -0.3 is 14.8 Å². The largest absolute Gasteiger partial charge is 0.484 e. The van der Waals surface area contributed by atoms with E-state index in [4.69, 9.17) is 9.47 Å². The molecule has 2 rings (SSSR count). The van der Waals surface area contributed by atoms with Gasteiger partial charge in [-0.05, 0) is 43.3 Å². The van der Waals surface area contributed by atoms with Crippen LogP contribution >= 0.6 is 0 Å². The second kappa shape index (κ2) is 7.19. The summed E-state index contributed by atoms with van der Waals surface area (Å²) in [6, 6.07) is 16.7. The van der Waals surface area contributed by atoms with Crippen molar-refractivity contribution in [1.82, 2.24) is 5.32 Å². The zero-order valence-electron chi connectivity index (χ0n) is 11.3. The van der Waals surface area contributed by atoms with E-state index in [1.807, 2.05) is 37.3 Å². The summed E-state index contributed by atoms with van der Waals surface area (Å²) in [6.07, 6.45) is 0. The predicted octanol–water partition coefficient (Wildman–Crippen LogP) is 2.99. The van der Waals surface area contributed by atoms with Crippen LogP contribution in [0.25, 0.3) is 0 Å². The van der Waals surface area contributed by atoms with Gasteiger partial charge in [0, 0.05) is 6.54 Å². The first-order valence-electron chi connectivity index (χ1n) is 6.50. The average molecular weight is 271 g/mol. The molecule has 0 bridgehead atoms. The van der Waals surface area contributed by atoms with Gasteiger partial charge in [0.05, 0.1) is 0 Å². The molecule has 0 saturated carbocycles. The Morgan fingerprint density at radius 2 is 1.55 bits per heavy atom. The second-order valence-electron chi connectivity index (χ2n) is 4.13. The molecule has 1 N–H and O–H groups in total. The van der Waals surface area contributed by atoms with Crippen molar-refractivity contribution >= 4 is 5.91 Å². The monoisotopic (exact) mass is 271 g/mol. The van der Waals surface area contributed by atoms with E-state index in [2.05, 4.69) is 5.32 Å². The summed E-state index contributed by atoms with van der Waals surface area (Å²) in [5.74, 6) is 2.01. The fourth-order valence-electron chi connectivity index (χ4n) is 1.63. The fraction of sp³-hybridized carbons (Fsp3) is 0.188. The minimum atomic E-state index is -0.128. The molecule has 0 heterocycles. The number of benzene rings is 2. The summed E-state index contributed by atoms with van der Waals surface area (Å²) < 4.78 is 11.0. The summed E-state index contributed by atoms with van der Waals surface area (Å²) in [4.78, 5) is 11.3. The number of hydrogen-bond donors (Lipinski definition) is 1. The molecule has 0 radical (unpaired) electrons. The van der Waals surface area contributed by atoms with Gasteiger partial charge in [-0.3, -0.25) is 4.79 Å². The first kappa shape index (κ1) is 13.9. The zero-order chi connectivity index (χ0) is 14.2. The number of likely N-dealkylation sites (N-methyl/N-ethyl adjacent to an activating group) is 1. The maximum atomic E-state index is 11.3. The Morgan fingerprint density at radius 3 is 2.20 bits per heavy atom. The number of carbonyl (C=O) groups is 1. The molecule has 0 aromatic heterocycles. The van der Waals surface area contributed by atoms with Crippen molar-refractivity contribution in [2.24, 2.45) is 0 Å². The first-order valence-corrected chi connectivity index (χ1v) is 6.50.